The van der Waals surface area contributed by atoms with Crippen molar-refractivity contribution in [3.05, 3.63) is 0 Å². The Kier molecular flexibility index (Phi) is 6.20. The minimum atomic E-state index is 0. The molecule has 1 aliphatic carbocycles. The van der Waals surface area contributed by atoms with Gasteiger partial charge in [0.2, 0.25) is 0 Å². The van der Waals surface area contributed by atoms with Crippen molar-refractivity contribution in [3.8, 4) is 0 Å². The second-order valence-electron chi connectivity index (χ2n) is 5.91. The number of hydrogen-bond acceptors (Lipinski definition) is 0. The van der Waals surface area contributed by atoms with Crippen molar-refractivity contribution >= 4 is 13.5 Å². The summed E-state index contributed by atoms with van der Waals surface area (Å²) >= 11 is 0. The molecule has 0 bridgehead atoms. The van der Waals surface area contributed by atoms with Gasteiger partial charge in [-0.1, -0.05) is 66.2 Å². The Balaban J connectivity index is 0.00000169. The molecule has 0 N–H and O–H groups in total. The highest BCUT2D eigenvalue weighted by Crippen LogP contribution is 2.38. The molecule has 0 amide bonds. The summed E-state index contributed by atoms with van der Waals surface area (Å²) in [6.45, 7) is 9.63. The molecule has 1 heteroatoms. The van der Waals surface area contributed by atoms with E-state index >= 15 is 0 Å². The van der Waals surface area contributed by atoms with Gasteiger partial charge in [0.05, 0.1) is 0 Å². The van der Waals surface area contributed by atoms with Gasteiger partial charge in [-0.2, -0.15) is 13.5 Å². The second kappa shape index (κ2) is 6.05. The average Bonchev–Trinajstić information content (AvgIpc) is 2.28. The van der Waals surface area contributed by atoms with Crippen LogP contribution in [0.4, 0.5) is 0 Å². The molecule has 0 nitrogen and oxygen atoms in total. The van der Waals surface area contributed by atoms with Gasteiger partial charge in [-0.3, -0.25) is 0 Å². The van der Waals surface area contributed by atoms with Gasteiger partial charge in [-0.15, -0.1) is 0 Å². The zero-order valence-corrected chi connectivity index (χ0v) is 11.4. The van der Waals surface area contributed by atoms with Crippen LogP contribution in [0.5, 0.6) is 0 Å². The van der Waals surface area contributed by atoms with Gasteiger partial charge in [-0.25, -0.2) is 0 Å². The highest BCUT2D eigenvalue weighted by Gasteiger charge is 2.28. The van der Waals surface area contributed by atoms with E-state index in [2.05, 4.69) is 27.7 Å². The number of rotatable bonds is 1. The van der Waals surface area contributed by atoms with E-state index in [1.807, 2.05) is 0 Å². The molecule has 0 radical (unpaired) electrons. The molecular formula is C13H28S. The molecule has 0 spiro atoms. The quantitative estimate of drug-likeness (QED) is 0.555. The molecule has 14 heavy (non-hydrogen) atoms. The number of hydrogen-bond donors (Lipinski definition) is 0. The Morgan fingerprint density at radius 1 is 0.929 bits per heavy atom. The smallest absolute Gasteiger partial charge is 0.0354 e. The van der Waals surface area contributed by atoms with Crippen LogP contribution in [0.25, 0.3) is 0 Å². The van der Waals surface area contributed by atoms with E-state index in [-0.39, 0.29) is 13.5 Å². The molecule has 0 aromatic heterocycles. The van der Waals surface area contributed by atoms with Gasteiger partial charge in [-0.05, 0) is 17.3 Å². The van der Waals surface area contributed by atoms with Crippen LogP contribution in [0.1, 0.15) is 66.2 Å². The van der Waals surface area contributed by atoms with Crippen LogP contribution >= 0.6 is 13.5 Å². The lowest BCUT2D eigenvalue weighted by Crippen LogP contribution is -2.25. The lowest BCUT2D eigenvalue weighted by Gasteiger charge is -2.34. The van der Waals surface area contributed by atoms with Crippen molar-refractivity contribution in [3.63, 3.8) is 0 Å². The molecule has 1 atom stereocenters. The summed E-state index contributed by atoms with van der Waals surface area (Å²) in [6.07, 6.45) is 8.88. The Bertz CT molecular complexity index is 138. The van der Waals surface area contributed by atoms with E-state index in [1.165, 1.54) is 38.5 Å². The van der Waals surface area contributed by atoms with Gasteiger partial charge in [0.1, 0.15) is 0 Å². The van der Waals surface area contributed by atoms with Crippen molar-refractivity contribution in [2.24, 2.45) is 17.3 Å². The maximum Gasteiger partial charge on any atom is -0.0354 e. The van der Waals surface area contributed by atoms with Gasteiger partial charge >= 0.3 is 0 Å². The summed E-state index contributed by atoms with van der Waals surface area (Å²) in [7, 11) is 0. The van der Waals surface area contributed by atoms with Gasteiger partial charge in [0.25, 0.3) is 0 Å². The van der Waals surface area contributed by atoms with Crippen LogP contribution in [0.15, 0.2) is 0 Å². The third kappa shape index (κ3) is 4.25. The van der Waals surface area contributed by atoms with Crippen LogP contribution in [-0.2, 0) is 0 Å². The molecule has 1 aliphatic rings. The Morgan fingerprint density at radius 3 is 1.71 bits per heavy atom. The van der Waals surface area contributed by atoms with Gasteiger partial charge in [0.15, 0.2) is 0 Å². The van der Waals surface area contributed by atoms with Crippen molar-refractivity contribution in [1.29, 1.82) is 0 Å². The maximum absolute atomic E-state index is 2.45. The fourth-order valence-electron chi connectivity index (χ4n) is 2.52. The third-order valence-corrected chi connectivity index (χ3v) is 3.97. The Morgan fingerprint density at radius 2 is 1.36 bits per heavy atom. The van der Waals surface area contributed by atoms with Crippen molar-refractivity contribution in [2.75, 3.05) is 0 Å². The zero-order valence-electron chi connectivity index (χ0n) is 10.4. The normalized spacial score (nSPS) is 22.3. The van der Waals surface area contributed by atoms with Crippen LogP contribution in [0, 0.1) is 17.3 Å². The average molecular weight is 216 g/mol. The lowest BCUT2D eigenvalue weighted by atomic mass is 9.72. The van der Waals surface area contributed by atoms with E-state index in [4.69, 9.17) is 0 Å². The molecule has 1 rings (SSSR count). The summed E-state index contributed by atoms with van der Waals surface area (Å²) < 4.78 is 0. The fourth-order valence-corrected chi connectivity index (χ4v) is 2.52. The van der Waals surface area contributed by atoms with Crippen molar-refractivity contribution in [1.82, 2.24) is 0 Å². The Hall–Kier alpha value is 0.350. The highest BCUT2D eigenvalue weighted by atomic mass is 32.1. The zero-order chi connectivity index (χ0) is 9.90. The van der Waals surface area contributed by atoms with E-state index in [9.17, 15) is 0 Å². The minimum absolute atomic E-state index is 0. The van der Waals surface area contributed by atoms with Gasteiger partial charge < -0.3 is 0 Å². The first kappa shape index (κ1) is 14.3. The summed E-state index contributed by atoms with van der Waals surface area (Å²) in [5.74, 6) is 1.90. The summed E-state index contributed by atoms with van der Waals surface area (Å²) in [4.78, 5) is 0. The van der Waals surface area contributed by atoms with Crippen LogP contribution in [-0.4, -0.2) is 0 Å². The summed E-state index contributed by atoms with van der Waals surface area (Å²) in [5, 5.41) is 0. The first-order valence-corrected chi connectivity index (χ1v) is 6.02. The van der Waals surface area contributed by atoms with Crippen LogP contribution in [0.3, 0.4) is 0 Å². The maximum atomic E-state index is 2.45. The van der Waals surface area contributed by atoms with Crippen molar-refractivity contribution in [2.45, 2.75) is 66.2 Å². The van der Waals surface area contributed by atoms with Crippen LogP contribution < -0.4 is 0 Å². The topological polar surface area (TPSA) is 0 Å². The largest absolute Gasteiger partial charge is 0.197 e. The molecule has 86 valence electrons. The monoisotopic (exact) mass is 216 g/mol. The van der Waals surface area contributed by atoms with E-state index in [0.717, 1.165) is 11.8 Å². The SMILES string of the molecule is C[C@@H](C1CCCCCC1)C(C)(C)C.S. The molecule has 0 aliphatic heterocycles. The lowest BCUT2D eigenvalue weighted by molar-refractivity contribution is 0.162. The van der Waals surface area contributed by atoms with E-state index < -0.39 is 0 Å². The first-order chi connectivity index (χ1) is 6.02. The molecule has 0 unspecified atom stereocenters. The fraction of sp³-hybridized carbons (Fsp3) is 1.00. The summed E-state index contributed by atoms with van der Waals surface area (Å²) in [6, 6.07) is 0. The second-order valence-corrected chi connectivity index (χ2v) is 5.91. The molecular weight excluding hydrogens is 188 g/mol. The predicted octanol–water partition coefficient (Wildman–Crippen LogP) is 4.75. The summed E-state index contributed by atoms with van der Waals surface area (Å²) in [5.41, 5.74) is 0.509. The highest BCUT2D eigenvalue weighted by molar-refractivity contribution is 7.59. The molecule has 0 saturated heterocycles. The molecule has 1 saturated carbocycles. The van der Waals surface area contributed by atoms with E-state index in [1.54, 1.807) is 0 Å². The first-order valence-electron chi connectivity index (χ1n) is 6.02. The minimum Gasteiger partial charge on any atom is -0.197 e. The van der Waals surface area contributed by atoms with E-state index in [0.29, 0.717) is 5.41 Å². The molecule has 0 aromatic rings. The van der Waals surface area contributed by atoms with Crippen LogP contribution in [0.2, 0.25) is 0 Å². The molecule has 0 heterocycles. The van der Waals surface area contributed by atoms with Crippen molar-refractivity contribution < 1.29 is 0 Å². The standard InChI is InChI=1S/C13H26.H2S/c1-11(13(2,3)4)12-9-7-5-6-8-10-12;/h11-12H,5-10H2,1-4H3;1H2/t11-;/m0./s1. The predicted molar refractivity (Wildman–Crippen MR) is 70.2 cm³/mol. The molecule has 1 fully saturated rings. The third-order valence-electron chi connectivity index (χ3n) is 3.97. The Labute approximate surface area is 97.3 Å². The molecule has 0 aromatic carbocycles. The van der Waals surface area contributed by atoms with Gasteiger partial charge in [0, 0.05) is 0 Å².